The first-order valence-corrected chi connectivity index (χ1v) is 10.4. The number of aliphatic hydroxyl groups excluding tert-OH is 1. The Kier molecular flexibility index (Phi) is 7.38. The highest BCUT2D eigenvalue weighted by Gasteiger charge is 2.28. The van der Waals surface area contributed by atoms with E-state index in [0.717, 1.165) is 11.1 Å². The van der Waals surface area contributed by atoms with Crippen molar-refractivity contribution < 1.29 is 23.1 Å². The molecule has 0 unspecified atom stereocenters. The average Bonchev–Trinajstić information content (AvgIpc) is 2.62. The molecule has 2 N–H and O–H groups in total. The van der Waals surface area contributed by atoms with Crippen LogP contribution in [0.2, 0.25) is 0 Å². The number of hydrogen-bond acceptors (Lipinski definition) is 5. The van der Waals surface area contributed by atoms with Gasteiger partial charge in [0.25, 0.3) is 0 Å². The molecule has 2 aromatic rings. The number of benzene rings is 2. The molecule has 1 amide bonds. The van der Waals surface area contributed by atoms with Crippen molar-refractivity contribution in [2.24, 2.45) is 0 Å². The van der Waals surface area contributed by atoms with E-state index in [1.807, 2.05) is 37.3 Å². The number of alkyl carbamates (subject to hydrolysis) is 1. The van der Waals surface area contributed by atoms with Crippen molar-refractivity contribution in [3.8, 4) is 0 Å². The van der Waals surface area contributed by atoms with Gasteiger partial charge < -0.3 is 15.2 Å². The molecule has 0 heterocycles. The van der Waals surface area contributed by atoms with Gasteiger partial charge in [-0.05, 0) is 38.0 Å². The van der Waals surface area contributed by atoms with Gasteiger partial charge in [0.05, 0.1) is 29.4 Å². The minimum atomic E-state index is -3.70. The number of amides is 1. The molecule has 146 valence electrons. The van der Waals surface area contributed by atoms with Gasteiger partial charge >= 0.3 is 6.09 Å². The van der Waals surface area contributed by atoms with E-state index in [1.165, 1.54) is 12.1 Å². The highest BCUT2D eigenvalue weighted by atomic mass is 32.2. The third-order valence-electron chi connectivity index (χ3n) is 4.11. The lowest BCUT2D eigenvalue weighted by molar-refractivity contribution is 0.117. The molecule has 0 aliphatic carbocycles. The van der Waals surface area contributed by atoms with Crippen molar-refractivity contribution in [1.29, 1.82) is 0 Å². The lowest BCUT2D eigenvalue weighted by atomic mass is 10.0. The first-order valence-electron chi connectivity index (χ1n) is 8.76. The topological polar surface area (TPSA) is 92.7 Å². The molecule has 2 atom stereocenters. The fourth-order valence-corrected chi connectivity index (χ4v) is 4.08. The van der Waals surface area contributed by atoms with Crippen LogP contribution in [-0.2, 0) is 21.0 Å². The summed E-state index contributed by atoms with van der Waals surface area (Å²) < 4.78 is 30.1. The van der Waals surface area contributed by atoms with Crippen LogP contribution in [0.15, 0.2) is 59.5 Å². The average molecular weight is 391 g/mol. The Morgan fingerprint density at radius 1 is 1.11 bits per heavy atom. The van der Waals surface area contributed by atoms with Gasteiger partial charge in [0.2, 0.25) is 0 Å². The maximum Gasteiger partial charge on any atom is 0.407 e. The lowest BCUT2D eigenvalue weighted by Crippen LogP contribution is -2.47. The van der Waals surface area contributed by atoms with Crippen molar-refractivity contribution in [1.82, 2.24) is 5.32 Å². The van der Waals surface area contributed by atoms with Crippen LogP contribution in [0.3, 0.4) is 0 Å². The summed E-state index contributed by atoms with van der Waals surface area (Å²) in [6, 6.07) is 14.9. The van der Waals surface area contributed by atoms with Gasteiger partial charge in [-0.15, -0.1) is 0 Å². The zero-order chi connectivity index (χ0) is 19.9. The molecular weight excluding hydrogens is 366 g/mol. The molecule has 0 bridgehead atoms. The normalized spacial score (nSPS) is 13.6. The summed E-state index contributed by atoms with van der Waals surface area (Å²) >= 11 is 0. The zero-order valence-electron chi connectivity index (χ0n) is 15.5. The van der Waals surface area contributed by atoms with Crippen LogP contribution in [0, 0.1) is 6.92 Å². The standard InChI is InChI=1S/C20H25NO5S/c1-3-26-20(23)21-18(13-16-7-5-4-6-8-16)19(22)14-27(24,25)17-11-9-15(2)10-12-17/h4-12,18-19,22H,3,13-14H2,1-2H3,(H,21,23)/t18-,19+/m0/s1. The molecule has 0 saturated carbocycles. The molecular formula is C20H25NO5S. The van der Waals surface area contributed by atoms with Gasteiger partial charge in [0.1, 0.15) is 0 Å². The molecule has 0 aromatic heterocycles. The number of ether oxygens (including phenoxy) is 1. The van der Waals surface area contributed by atoms with Gasteiger partial charge in [-0.25, -0.2) is 13.2 Å². The summed E-state index contributed by atoms with van der Waals surface area (Å²) in [7, 11) is -3.70. The smallest absolute Gasteiger partial charge is 0.407 e. The van der Waals surface area contributed by atoms with E-state index in [1.54, 1.807) is 19.1 Å². The molecule has 2 rings (SSSR count). The van der Waals surface area contributed by atoms with E-state index in [0.29, 0.717) is 0 Å². The van der Waals surface area contributed by atoms with Crippen molar-refractivity contribution in [2.75, 3.05) is 12.4 Å². The van der Waals surface area contributed by atoms with Gasteiger partial charge in [-0.2, -0.15) is 0 Å². The monoisotopic (exact) mass is 391 g/mol. The molecule has 0 radical (unpaired) electrons. The number of aryl methyl sites for hydroxylation is 1. The molecule has 7 heteroatoms. The Labute approximate surface area is 160 Å². The summed E-state index contributed by atoms with van der Waals surface area (Å²) in [6.07, 6.45) is -1.70. The minimum Gasteiger partial charge on any atom is -0.450 e. The van der Waals surface area contributed by atoms with Gasteiger partial charge in [-0.1, -0.05) is 48.0 Å². The highest BCUT2D eigenvalue weighted by Crippen LogP contribution is 2.16. The molecule has 0 aliphatic heterocycles. The molecule has 0 aliphatic rings. The first-order chi connectivity index (χ1) is 12.8. The maximum absolute atomic E-state index is 12.6. The molecule has 2 aromatic carbocycles. The maximum atomic E-state index is 12.6. The van der Waals surface area contributed by atoms with Crippen molar-refractivity contribution in [3.63, 3.8) is 0 Å². The number of carbonyl (C=O) groups excluding carboxylic acids is 1. The van der Waals surface area contributed by atoms with E-state index >= 15 is 0 Å². The summed E-state index contributed by atoms with van der Waals surface area (Å²) in [6.45, 7) is 3.72. The SMILES string of the molecule is CCOC(=O)N[C@@H](Cc1ccccc1)[C@H](O)CS(=O)(=O)c1ccc(C)cc1. The van der Waals surface area contributed by atoms with Crippen molar-refractivity contribution in [2.45, 2.75) is 37.3 Å². The molecule has 27 heavy (non-hydrogen) atoms. The van der Waals surface area contributed by atoms with Crippen LogP contribution in [0.25, 0.3) is 0 Å². The fourth-order valence-electron chi connectivity index (χ4n) is 2.66. The van der Waals surface area contributed by atoms with E-state index in [2.05, 4.69) is 5.32 Å². The largest absolute Gasteiger partial charge is 0.450 e. The minimum absolute atomic E-state index is 0.141. The third-order valence-corrected chi connectivity index (χ3v) is 5.88. The van der Waals surface area contributed by atoms with Crippen LogP contribution in [-0.4, -0.2) is 44.1 Å². The third kappa shape index (κ3) is 6.37. The Balaban J connectivity index is 2.17. The van der Waals surface area contributed by atoms with Gasteiger partial charge in [-0.3, -0.25) is 0 Å². The van der Waals surface area contributed by atoms with E-state index in [9.17, 15) is 18.3 Å². The first kappa shape index (κ1) is 20.9. The van der Waals surface area contributed by atoms with E-state index < -0.39 is 33.8 Å². The molecule has 0 spiro atoms. The number of nitrogens with one attached hydrogen (secondary N) is 1. The van der Waals surface area contributed by atoms with E-state index in [-0.39, 0.29) is 17.9 Å². The Morgan fingerprint density at radius 3 is 2.33 bits per heavy atom. The van der Waals surface area contributed by atoms with Crippen LogP contribution in [0.1, 0.15) is 18.1 Å². The van der Waals surface area contributed by atoms with Gasteiger partial charge in [0, 0.05) is 0 Å². The van der Waals surface area contributed by atoms with Crippen LogP contribution in [0.4, 0.5) is 4.79 Å². The summed E-state index contributed by atoms with van der Waals surface area (Å²) in [4.78, 5) is 12.0. The molecule has 0 fully saturated rings. The van der Waals surface area contributed by atoms with Crippen molar-refractivity contribution >= 4 is 15.9 Å². The summed E-state index contributed by atoms with van der Waals surface area (Å²) in [5.74, 6) is -0.500. The summed E-state index contributed by atoms with van der Waals surface area (Å²) in [5.41, 5.74) is 1.81. The zero-order valence-corrected chi connectivity index (χ0v) is 16.3. The fraction of sp³-hybridized carbons (Fsp3) is 0.350. The predicted molar refractivity (Wildman–Crippen MR) is 103 cm³/mol. The van der Waals surface area contributed by atoms with Crippen LogP contribution < -0.4 is 5.32 Å². The number of aliphatic hydroxyl groups is 1. The molecule has 0 saturated heterocycles. The molecule has 6 nitrogen and oxygen atoms in total. The second-order valence-electron chi connectivity index (χ2n) is 6.32. The Morgan fingerprint density at radius 2 is 1.74 bits per heavy atom. The predicted octanol–water partition coefficient (Wildman–Crippen LogP) is 2.49. The van der Waals surface area contributed by atoms with Gasteiger partial charge in [0.15, 0.2) is 9.84 Å². The quantitative estimate of drug-likeness (QED) is 0.721. The second kappa shape index (κ2) is 9.53. The van der Waals surface area contributed by atoms with Crippen LogP contribution in [0.5, 0.6) is 0 Å². The Bertz CT molecular complexity index is 834. The number of hydrogen-bond donors (Lipinski definition) is 2. The highest BCUT2D eigenvalue weighted by molar-refractivity contribution is 7.91. The lowest BCUT2D eigenvalue weighted by Gasteiger charge is -2.24. The second-order valence-corrected chi connectivity index (χ2v) is 8.36. The van der Waals surface area contributed by atoms with Crippen molar-refractivity contribution in [3.05, 3.63) is 65.7 Å². The number of rotatable bonds is 8. The Hall–Kier alpha value is -2.38. The van der Waals surface area contributed by atoms with E-state index in [4.69, 9.17) is 4.74 Å². The summed E-state index contributed by atoms with van der Waals surface area (Å²) in [5, 5.41) is 13.2. The number of carbonyl (C=O) groups is 1. The number of sulfone groups is 1. The van der Waals surface area contributed by atoms with Crippen LogP contribution >= 0.6 is 0 Å².